The van der Waals surface area contributed by atoms with Crippen molar-refractivity contribution in [3.63, 3.8) is 0 Å². The molecule has 134 valence electrons. The molecule has 0 saturated heterocycles. The molecular weight excluding hydrogens is 402 g/mol. The number of nitrogens with zero attached hydrogens (tertiary/aromatic N) is 3. The lowest BCUT2D eigenvalue weighted by Gasteiger charge is -1.96. The standard InChI is InChI=1S/C19H12ClN3O2S2/c20-14-5-1-13(2-6-14)17-10-21-18(27-17)9-19-22-16(11-26-19)12-3-7-15(8-4-12)23(24)25/h1-8,10-11H,9H2. The van der Waals surface area contributed by atoms with Crippen LogP contribution in [0.4, 0.5) is 5.69 Å². The second-order valence-corrected chi connectivity index (χ2v) is 8.23. The first kappa shape index (κ1) is 17.8. The van der Waals surface area contributed by atoms with E-state index in [4.69, 9.17) is 11.6 Å². The molecule has 4 rings (SSSR count). The van der Waals surface area contributed by atoms with E-state index in [1.165, 1.54) is 12.1 Å². The van der Waals surface area contributed by atoms with Gasteiger partial charge in [-0.2, -0.15) is 0 Å². The summed E-state index contributed by atoms with van der Waals surface area (Å²) in [6.07, 6.45) is 2.53. The molecule has 0 fully saturated rings. The van der Waals surface area contributed by atoms with E-state index in [9.17, 15) is 10.1 Å². The van der Waals surface area contributed by atoms with Gasteiger partial charge in [0, 0.05) is 34.3 Å². The van der Waals surface area contributed by atoms with E-state index in [1.54, 1.807) is 34.8 Å². The second-order valence-electron chi connectivity index (χ2n) is 5.73. The molecule has 0 aliphatic heterocycles. The third kappa shape index (κ3) is 4.05. The smallest absolute Gasteiger partial charge is 0.258 e. The second kappa shape index (κ2) is 7.56. The zero-order chi connectivity index (χ0) is 18.8. The predicted molar refractivity (Wildman–Crippen MR) is 110 cm³/mol. The lowest BCUT2D eigenvalue weighted by atomic mass is 10.1. The Labute approximate surface area is 168 Å². The highest BCUT2D eigenvalue weighted by atomic mass is 35.5. The summed E-state index contributed by atoms with van der Waals surface area (Å²) in [5.74, 6) is 0. The minimum atomic E-state index is -0.406. The van der Waals surface area contributed by atoms with Crippen molar-refractivity contribution in [2.75, 3.05) is 0 Å². The summed E-state index contributed by atoms with van der Waals surface area (Å²) in [5.41, 5.74) is 2.85. The van der Waals surface area contributed by atoms with Crippen LogP contribution in [0.3, 0.4) is 0 Å². The third-order valence-electron chi connectivity index (χ3n) is 3.91. The van der Waals surface area contributed by atoms with E-state index in [0.717, 1.165) is 31.7 Å². The summed E-state index contributed by atoms with van der Waals surface area (Å²) in [5, 5.41) is 15.4. The minimum Gasteiger partial charge on any atom is -0.258 e. The SMILES string of the molecule is O=[N+]([O-])c1ccc(-c2csc(Cc3ncc(-c4ccc(Cl)cc4)s3)n2)cc1. The van der Waals surface area contributed by atoms with Gasteiger partial charge in [0.1, 0.15) is 5.01 Å². The summed E-state index contributed by atoms with van der Waals surface area (Å²) in [7, 11) is 0. The van der Waals surface area contributed by atoms with Crippen molar-refractivity contribution in [2.45, 2.75) is 6.42 Å². The summed E-state index contributed by atoms with van der Waals surface area (Å²) in [6.45, 7) is 0. The zero-order valence-corrected chi connectivity index (χ0v) is 16.2. The van der Waals surface area contributed by atoms with Crippen LogP contribution in [0.2, 0.25) is 5.02 Å². The summed E-state index contributed by atoms with van der Waals surface area (Å²) in [4.78, 5) is 20.6. The zero-order valence-electron chi connectivity index (χ0n) is 13.8. The van der Waals surface area contributed by atoms with Gasteiger partial charge in [-0.1, -0.05) is 23.7 Å². The first-order valence-electron chi connectivity index (χ1n) is 7.98. The average molecular weight is 414 g/mol. The van der Waals surface area contributed by atoms with Crippen LogP contribution in [0.1, 0.15) is 10.0 Å². The number of hydrogen-bond donors (Lipinski definition) is 0. The molecule has 4 aromatic rings. The fourth-order valence-electron chi connectivity index (χ4n) is 2.55. The molecule has 2 heterocycles. The third-order valence-corrected chi connectivity index (χ3v) is 6.06. The fourth-order valence-corrected chi connectivity index (χ4v) is 4.50. The van der Waals surface area contributed by atoms with Crippen LogP contribution in [0.5, 0.6) is 0 Å². The Kier molecular flexibility index (Phi) is 4.98. The predicted octanol–water partition coefficient (Wildman–Crippen LogP) is 6.09. The van der Waals surface area contributed by atoms with Crippen LogP contribution in [0.25, 0.3) is 21.7 Å². The van der Waals surface area contributed by atoms with Crippen molar-refractivity contribution in [2.24, 2.45) is 0 Å². The molecule has 27 heavy (non-hydrogen) atoms. The van der Waals surface area contributed by atoms with Crippen LogP contribution in [-0.4, -0.2) is 14.9 Å². The molecule has 0 unspecified atom stereocenters. The van der Waals surface area contributed by atoms with Gasteiger partial charge in [0.05, 0.1) is 26.9 Å². The number of benzene rings is 2. The van der Waals surface area contributed by atoms with E-state index < -0.39 is 4.92 Å². The molecule has 5 nitrogen and oxygen atoms in total. The molecule has 0 N–H and O–H groups in total. The lowest BCUT2D eigenvalue weighted by Crippen LogP contribution is -1.88. The lowest BCUT2D eigenvalue weighted by molar-refractivity contribution is -0.384. The van der Waals surface area contributed by atoms with Gasteiger partial charge >= 0.3 is 0 Å². The molecule has 0 saturated carbocycles. The average Bonchev–Trinajstić information content (AvgIpc) is 3.33. The van der Waals surface area contributed by atoms with Crippen LogP contribution in [0.15, 0.2) is 60.1 Å². The number of halogens is 1. The highest BCUT2D eigenvalue weighted by Gasteiger charge is 2.11. The van der Waals surface area contributed by atoms with Crippen LogP contribution < -0.4 is 0 Å². The van der Waals surface area contributed by atoms with Crippen LogP contribution >= 0.6 is 34.3 Å². The van der Waals surface area contributed by atoms with Crippen molar-refractivity contribution in [3.8, 4) is 21.7 Å². The fraction of sp³-hybridized carbons (Fsp3) is 0.0526. The van der Waals surface area contributed by atoms with E-state index in [0.29, 0.717) is 11.4 Å². The first-order chi connectivity index (χ1) is 13.1. The number of aromatic nitrogens is 2. The van der Waals surface area contributed by atoms with Gasteiger partial charge in [-0.05, 0) is 29.8 Å². The monoisotopic (exact) mass is 413 g/mol. The van der Waals surface area contributed by atoms with Crippen LogP contribution in [-0.2, 0) is 6.42 Å². The van der Waals surface area contributed by atoms with Gasteiger partial charge in [-0.3, -0.25) is 10.1 Å². The van der Waals surface area contributed by atoms with Crippen LogP contribution in [0, 0.1) is 10.1 Å². The van der Waals surface area contributed by atoms with Crippen molar-refractivity contribution < 1.29 is 4.92 Å². The van der Waals surface area contributed by atoms with Gasteiger partial charge in [0.25, 0.3) is 5.69 Å². The molecular formula is C19H12ClN3O2S2. The maximum absolute atomic E-state index is 10.8. The van der Waals surface area contributed by atoms with Gasteiger partial charge < -0.3 is 0 Å². The maximum atomic E-state index is 10.8. The van der Waals surface area contributed by atoms with Gasteiger partial charge in [0.15, 0.2) is 0 Å². The molecule has 2 aromatic heterocycles. The highest BCUT2D eigenvalue weighted by Crippen LogP contribution is 2.30. The van der Waals surface area contributed by atoms with E-state index >= 15 is 0 Å². The number of nitro groups is 1. The highest BCUT2D eigenvalue weighted by molar-refractivity contribution is 7.15. The Hall–Kier alpha value is -2.61. The molecule has 0 amide bonds. The maximum Gasteiger partial charge on any atom is 0.269 e. The molecule has 2 aromatic carbocycles. The van der Waals surface area contributed by atoms with Gasteiger partial charge in [0.2, 0.25) is 0 Å². The van der Waals surface area contributed by atoms with Crippen molar-refractivity contribution in [1.29, 1.82) is 0 Å². The number of rotatable bonds is 5. The molecule has 0 radical (unpaired) electrons. The molecule has 0 aliphatic carbocycles. The summed E-state index contributed by atoms with van der Waals surface area (Å²) >= 11 is 9.13. The Bertz CT molecular complexity index is 1090. The van der Waals surface area contributed by atoms with E-state index in [2.05, 4.69) is 9.97 Å². The molecule has 0 spiro atoms. The molecule has 0 aliphatic rings. The van der Waals surface area contributed by atoms with E-state index in [1.807, 2.05) is 35.8 Å². The van der Waals surface area contributed by atoms with Gasteiger partial charge in [-0.25, -0.2) is 9.97 Å². The Balaban J connectivity index is 1.49. The number of thiazole rings is 2. The quantitative estimate of drug-likeness (QED) is 0.293. The first-order valence-corrected chi connectivity index (χ1v) is 10.1. The van der Waals surface area contributed by atoms with Gasteiger partial charge in [-0.15, -0.1) is 22.7 Å². The van der Waals surface area contributed by atoms with Crippen molar-refractivity contribution >= 4 is 40.0 Å². The normalized spacial score (nSPS) is 10.9. The number of non-ortho nitro benzene ring substituents is 1. The molecule has 0 atom stereocenters. The Morgan fingerprint density at radius 2 is 1.70 bits per heavy atom. The summed E-state index contributed by atoms with van der Waals surface area (Å²) in [6, 6.07) is 14.1. The Morgan fingerprint density at radius 3 is 2.41 bits per heavy atom. The number of hydrogen-bond acceptors (Lipinski definition) is 6. The molecule has 0 bridgehead atoms. The van der Waals surface area contributed by atoms with E-state index in [-0.39, 0.29) is 5.69 Å². The minimum absolute atomic E-state index is 0.0757. The largest absolute Gasteiger partial charge is 0.269 e. The Morgan fingerprint density at radius 1 is 1.00 bits per heavy atom. The number of nitro benzene ring substituents is 1. The molecule has 8 heteroatoms. The van der Waals surface area contributed by atoms with Crippen molar-refractivity contribution in [3.05, 3.63) is 85.3 Å². The van der Waals surface area contributed by atoms with Crippen molar-refractivity contribution in [1.82, 2.24) is 9.97 Å². The summed E-state index contributed by atoms with van der Waals surface area (Å²) < 4.78 is 0. The topological polar surface area (TPSA) is 68.9 Å².